The largest absolute Gasteiger partial charge is 0.496 e. The number of hydrogen-bond donors (Lipinski definition) is 2. The van der Waals surface area contributed by atoms with Gasteiger partial charge in [0.15, 0.2) is 9.84 Å². The predicted molar refractivity (Wildman–Crippen MR) is 138 cm³/mol. The van der Waals surface area contributed by atoms with Gasteiger partial charge in [-0.05, 0) is 42.4 Å². The number of amides is 1. The molecule has 1 amide bonds. The monoisotopic (exact) mass is 532 g/mol. The van der Waals surface area contributed by atoms with Crippen molar-refractivity contribution in [3.05, 3.63) is 75.8 Å². The summed E-state index contributed by atoms with van der Waals surface area (Å²) < 4.78 is 34.1. The van der Waals surface area contributed by atoms with Crippen LogP contribution >= 0.6 is 22.9 Å². The maximum atomic E-state index is 13.1. The van der Waals surface area contributed by atoms with Gasteiger partial charge in [-0.25, -0.2) is 8.42 Å². The minimum atomic E-state index is -3.64. The van der Waals surface area contributed by atoms with E-state index in [4.69, 9.17) is 21.4 Å². The molecule has 2 N–H and O–H groups in total. The fourth-order valence-corrected chi connectivity index (χ4v) is 6.66. The van der Waals surface area contributed by atoms with Gasteiger partial charge < -0.3 is 15.4 Å². The van der Waals surface area contributed by atoms with Crippen LogP contribution in [0.1, 0.15) is 16.8 Å². The van der Waals surface area contributed by atoms with Gasteiger partial charge in [0.25, 0.3) is 0 Å². The van der Waals surface area contributed by atoms with Gasteiger partial charge >= 0.3 is 0 Å². The summed E-state index contributed by atoms with van der Waals surface area (Å²) >= 11 is 6.99. The second kappa shape index (κ2) is 10.8. The SMILES string of the molecule is CNCC(=O)NCc1cccc(Cn2nc(CS(=O)(=O)c3ccc(Cl)s3)c3c(OC)cccc32)c1. The molecule has 0 fully saturated rings. The lowest BCUT2D eigenvalue weighted by Gasteiger charge is -2.09. The van der Waals surface area contributed by atoms with Crippen LogP contribution in [-0.4, -0.2) is 44.8 Å². The number of methoxy groups -OCH3 is 1. The first kappa shape index (κ1) is 25.2. The number of carbonyl (C=O) groups excluding carboxylic acids is 1. The molecule has 35 heavy (non-hydrogen) atoms. The van der Waals surface area contributed by atoms with E-state index in [1.165, 1.54) is 6.07 Å². The summed E-state index contributed by atoms with van der Waals surface area (Å²) in [6.07, 6.45) is 0. The summed E-state index contributed by atoms with van der Waals surface area (Å²) in [7, 11) is -0.366. The fourth-order valence-electron chi connectivity index (χ4n) is 3.82. The van der Waals surface area contributed by atoms with Crippen molar-refractivity contribution in [3.63, 3.8) is 0 Å². The summed E-state index contributed by atoms with van der Waals surface area (Å²) in [4.78, 5) is 11.8. The first-order valence-electron chi connectivity index (χ1n) is 10.8. The third kappa shape index (κ3) is 5.84. The topological polar surface area (TPSA) is 102 Å². The smallest absolute Gasteiger partial charge is 0.234 e. The Morgan fingerprint density at radius 1 is 1.14 bits per heavy atom. The number of sulfone groups is 1. The average Bonchev–Trinajstić information content (AvgIpc) is 3.42. The summed E-state index contributed by atoms with van der Waals surface area (Å²) in [5, 5.41) is 11.0. The van der Waals surface area contributed by atoms with Gasteiger partial charge in [-0.15, -0.1) is 11.3 Å². The van der Waals surface area contributed by atoms with Crippen molar-refractivity contribution in [1.82, 2.24) is 20.4 Å². The molecule has 0 unspecified atom stereocenters. The molecule has 0 bridgehead atoms. The number of nitrogens with one attached hydrogen (secondary N) is 2. The lowest BCUT2D eigenvalue weighted by atomic mass is 10.1. The highest BCUT2D eigenvalue weighted by Gasteiger charge is 2.24. The van der Waals surface area contributed by atoms with Gasteiger partial charge in [0.1, 0.15) is 15.7 Å². The van der Waals surface area contributed by atoms with E-state index in [0.29, 0.717) is 34.3 Å². The molecule has 0 atom stereocenters. The summed E-state index contributed by atoms with van der Waals surface area (Å²) in [6, 6.07) is 16.5. The van der Waals surface area contributed by atoms with E-state index >= 15 is 0 Å². The molecule has 0 saturated heterocycles. The van der Waals surface area contributed by atoms with E-state index in [1.807, 2.05) is 36.4 Å². The van der Waals surface area contributed by atoms with Crippen LogP contribution in [0.4, 0.5) is 0 Å². The second-order valence-corrected chi connectivity index (χ2v) is 11.8. The molecule has 0 aliphatic rings. The first-order chi connectivity index (χ1) is 16.8. The third-order valence-corrected chi connectivity index (χ3v) is 8.80. The molecule has 0 aliphatic heterocycles. The number of rotatable bonds is 10. The van der Waals surface area contributed by atoms with Crippen molar-refractivity contribution in [2.75, 3.05) is 20.7 Å². The lowest BCUT2D eigenvalue weighted by molar-refractivity contribution is -0.120. The molecule has 2 heterocycles. The van der Waals surface area contributed by atoms with E-state index in [1.54, 1.807) is 31.0 Å². The Labute approximate surface area is 212 Å². The molecule has 0 aliphatic carbocycles. The summed E-state index contributed by atoms with van der Waals surface area (Å²) in [6.45, 7) is 1.09. The standard InChI is InChI=1S/C24H25ClN4O4S2/c1-26-13-22(30)27-12-16-5-3-6-17(11-16)14-29-19-7-4-8-20(33-2)24(19)18(28-29)15-35(31,32)23-10-9-21(25)34-23/h3-11,26H,12-15H2,1-2H3,(H,27,30). The number of likely N-dealkylation sites (N-methyl/N-ethyl adjacent to an activating group) is 1. The number of fused-ring (bicyclic) bond motifs is 1. The summed E-state index contributed by atoms with van der Waals surface area (Å²) in [5.41, 5.74) is 3.11. The van der Waals surface area contributed by atoms with Crippen molar-refractivity contribution >= 4 is 49.6 Å². The van der Waals surface area contributed by atoms with Crippen LogP contribution in [0.2, 0.25) is 4.34 Å². The Balaban J connectivity index is 1.65. The normalized spacial score (nSPS) is 11.6. The molecule has 2 aromatic heterocycles. The number of carbonyl (C=O) groups is 1. The van der Waals surface area contributed by atoms with E-state index in [0.717, 1.165) is 28.0 Å². The molecule has 0 saturated carbocycles. The van der Waals surface area contributed by atoms with Gasteiger partial charge in [0.2, 0.25) is 5.91 Å². The lowest BCUT2D eigenvalue weighted by Crippen LogP contribution is -2.31. The summed E-state index contributed by atoms with van der Waals surface area (Å²) in [5.74, 6) is 0.204. The number of nitrogens with zero attached hydrogens (tertiary/aromatic N) is 2. The molecular weight excluding hydrogens is 508 g/mol. The molecule has 4 rings (SSSR count). The Kier molecular flexibility index (Phi) is 7.75. The highest BCUT2D eigenvalue weighted by Crippen LogP contribution is 2.33. The van der Waals surface area contributed by atoms with Gasteiger partial charge in [-0.3, -0.25) is 9.48 Å². The fraction of sp³-hybridized carbons (Fsp3) is 0.250. The quantitative estimate of drug-likeness (QED) is 0.323. The molecule has 4 aromatic rings. The van der Waals surface area contributed by atoms with E-state index in [2.05, 4.69) is 10.6 Å². The van der Waals surface area contributed by atoms with Crippen molar-refractivity contribution in [3.8, 4) is 5.75 Å². The Hall–Kier alpha value is -2.92. The van der Waals surface area contributed by atoms with Gasteiger partial charge in [-0.2, -0.15) is 5.10 Å². The molecule has 2 aromatic carbocycles. The van der Waals surface area contributed by atoms with Crippen LogP contribution in [-0.2, 0) is 33.5 Å². The van der Waals surface area contributed by atoms with Gasteiger partial charge in [0.05, 0.1) is 41.1 Å². The number of benzene rings is 2. The van der Waals surface area contributed by atoms with E-state index in [9.17, 15) is 13.2 Å². The van der Waals surface area contributed by atoms with Crippen LogP contribution in [0.25, 0.3) is 10.9 Å². The zero-order valence-electron chi connectivity index (χ0n) is 19.2. The molecule has 184 valence electrons. The highest BCUT2D eigenvalue weighted by atomic mass is 35.5. The van der Waals surface area contributed by atoms with Crippen LogP contribution in [0, 0.1) is 0 Å². The minimum absolute atomic E-state index is 0.0825. The van der Waals surface area contributed by atoms with Crippen molar-refractivity contribution in [1.29, 1.82) is 0 Å². The molecule has 8 nitrogen and oxygen atoms in total. The van der Waals surface area contributed by atoms with Gasteiger partial charge in [0, 0.05) is 6.54 Å². The molecular formula is C24H25ClN4O4S2. The predicted octanol–water partition coefficient (Wildman–Crippen LogP) is 3.62. The number of hydrogen-bond acceptors (Lipinski definition) is 7. The number of halogens is 1. The zero-order valence-corrected chi connectivity index (χ0v) is 21.6. The van der Waals surface area contributed by atoms with Gasteiger partial charge in [-0.1, -0.05) is 41.9 Å². The second-order valence-electron chi connectivity index (χ2n) is 7.90. The Morgan fingerprint density at radius 3 is 2.63 bits per heavy atom. The average molecular weight is 533 g/mol. The maximum Gasteiger partial charge on any atom is 0.234 e. The van der Waals surface area contributed by atoms with Crippen molar-refractivity contribution < 1.29 is 17.9 Å². The number of thiophene rings is 1. The first-order valence-corrected chi connectivity index (χ1v) is 13.6. The van der Waals surface area contributed by atoms with E-state index < -0.39 is 9.84 Å². The van der Waals surface area contributed by atoms with Crippen LogP contribution in [0.5, 0.6) is 5.75 Å². The third-order valence-electron chi connectivity index (χ3n) is 5.36. The maximum absolute atomic E-state index is 13.1. The van der Waals surface area contributed by atoms with Crippen LogP contribution < -0.4 is 15.4 Å². The number of ether oxygens (including phenoxy) is 1. The molecule has 0 spiro atoms. The number of aromatic nitrogens is 2. The van der Waals surface area contributed by atoms with Crippen LogP contribution in [0.15, 0.2) is 58.8 Å². The zero-order chi connectivity index (χ0) is 25.0. The van der Waals surface area contributed by atoms with Crippen molar-refractivity contribution in [2.45, 2.75) is 23.1 Å². The minimum Gasteiger partial charge on any atom is -0.496 e. The Bertz CT molecular complexity index is 1460. The molecule has 11 heteroatoms. The Morgan fingerprint density at radius 2 is 1.91 bits per heavy atom. The van der Waals surface area contributed by atoms with E-state index in [-0.39, 0.29) is 22.4 Å². The van der Waals surface area contributed by atoms with Crippen LogP contribution in [0.3, 0.4) is 0 Å². The molecule has 0 radical (unpaired) electrons. The van der Waals surface area contributed by atoms with Crippen molar-refractivity contribution in [2.24, 2.45) is 0 Å². The highest BCUT2D eigenvalue weighted by molar-refractivity contribution is 7.92.